The van der Waals surface area contributed by atoms with Gasteiger partial charge in [-0.05, 0) is 61.2 Å². The van der Waals surface area contributed by atoms with Crippen molar-refractivity contribution in [2.24, 2.45) is 0 Å². The quantitative estimate of drug-likeness (QED) is 0.643. The normalized spacial score (nSPS) is 16.5. The monoisotopic (exact) mass is 418 g/mol. The first-order valence-electron chi connectivity index (χ1n) is 10.9. The molecule has 3 aromatic rings. The highest BCUT2D eigenvalue weighted by Crippen LogP contribution is 2.33. The fourth-order valence-electron chi connectivity index (χ4n) is 4.61. The lowest BCUT2D eigenvalue weighted by atomic mass is 10.0. The Balaban J connectivity index is 1.23. The Kier molecular flexibility index (Phi) is 5.18. The molecule has 0 radical (unpaired) electrons. The number of anilines is 3. The summed E-state index contributed by atoms with van der Waals surface area (Å²) in [6.07, 6.45) is 4.92. The second-order valence-electron chi connectivity index (χ2n) is 8.51. The fraction of sp³-hybridized carbons (Fsp3) is 0.375. The molecule has 0 spiro atoms. The number of nitrogens with zero attached hydrogens (tertiary/aromatic N) is 6. The van der Waals surface area contributed by atoms with Gasteiger partial charge in [-0.25, -0.2) is 9.37 Å². The standard InChI is InChI=1S/C24H27FN6/c1-29(2)23-7-4-18(16-26-23)21-6-8-24(28-27-21)30-12-10-20(11-13-30)31-14-9-17-3-5-19(25)15-22(17)31/h3-8,15-16,20H,9-14H2,1-2H3. The molecule has 31 heavy (non-hydrogen) atoms. The molecule has 0 amide bonds. The van der Waals surface area contributed by atoms with E-state index in [0.717, 1.165) is 67.5 Å². The molecule has 5 rings (SSSR count). The molecule has 0 saturated carbocycles. The third-order valence-corrected chi connectivity index (χ3v) is 6.36. The van der Waals surface area contributed by atoms with Gasteiger partial charge in [0.2, 0.25) is 0 Å². The minimum atomic E-state index is -0.148. The summed E-state index contributed by atoms with van der Waals surface area (Å²) in [5.41, 5.74) is 4.13. The van der Waals surface area contributed by atoms with E-state index < -0.39 is 0 Å². The molecule has 2 aliphatic rings. The summed E-state index contributed by atoms with van der Waals surface area (Å²) in [7, 11) is 3.95. The van der Waals surface area contributed by atoms with Gasteiger partial charge in [0.15, 0.2) is 5.82 Å². The van der Waals surface area contributed by atoms with Gasteiger partial charge in [-0.2, -0.15) is 0 Å². The summed E-state index contributed by atoms with van der Waals surface area (Å²) < 4.78 is 13.7. The van der Waals surface area contributed by atoms with Crippen LogP contribution in [0.4, 0.5) is 21.7 Å². The molecule has 160 valence electrons. The smallest absolute Gasteiger partial charge is 0.151 e. The molecule has 2 aliphatic heterocycles. The predicted octanol–water partition coefficient (Wildman–Crippen LogP) is 3.78. The lowest BCUT2D eigenvalue weighted by Gasteiger charge is -2.38. The van der Waals surface area contributed by atoms with E-state index in [0.29, 0.717) is 6.04 Å². The largest absolute Gasteiger partial charge is 0.368 e. The number of benzene rings is 1. The Morgan fingerprint density at radius 2 is 1.81 bits per heavy atom. The van der Waals surface area contributed by atoms with E-state index in [2.05, 4.69) is 25.0 Å². The summed E-state index contributed by atoms with van der Waals surface area (Å²) in [5.74, 6) is 1.68. The van der Waals surface area contributed by atoms with Gasteiger partial charge in [-0.1, -0.05) is 6.07 Å². The van der Waals surface area contributed by atoms with Crippen molar-refractivity contribution in [3.05, 3.63) is 60.0 Å². The van der Waals surface area contributed by atoms with Crippen LogP contribution in [0.5, 0.6) is 0 Å². The highest BCUT2D eigenvalue weighted by atomic mass is 19.1. The van der Waals surface area contributed by atoms with Gasteiger partial charge < -0.3 is 14.7 Å². The summed E-state index contributed by atoms with van der Waals surface area (Å²) >= 11 is 0. The van der Waals surface area contributed by atoms with E-state index in [9.17, 15) is 4.39 Å². The molecule has 0 N–H and O–H groups in total. The zero-order valence-electron chi connectivity index (χ0n) is 18.0. The van der Waals surface area contributed by atoms with Crippen LogP contribution in [0, 0.1) is 5.82 Å². The number of pyridine rings is 1. The number of rotatable bonds is 4. The molecule has 7 heteroatoms. The fourth-order valence-corrected chi connectivity index (χ4v) is 4.61. The second-order valence-corrected chi connectivity index (χ2v) is 8.51. The van der Waals surface area contributed by atoms with Crippen LogP contribution >= 0.6 is 0 Å². The van der Waals surface area contributed by atoms with E-state index in [1.165, 1.54) is 5.56 Å². The number of hydrogen-bond donors (Lipinski definition) is 0. The van der Waals surface area contributed by atoms with Crippen LogP contribution in [-0.4, -0.2) is 55.0 Å². The van der Waals surface area contributed by atoms with Crippen molar-refractivity contribution in [2.45, 2.75) is 25.3 Å². The van der Waals surface area contributed by atoms with Crippen molar-refractivity contribution in [3.63, 3.8) is 0 Å². The number of hydrogen-bond acceptors (Lipinski definition) is 6. The van der Waals surface area contributed by atoms with Crippen molar-refractivity contribution in [1.29, 1.82) is 0 Å². The molecule has 2 aromatic heterocycles. The zero-order valence-corrected chi connectivity index (χ0v) is 18.0. The minimum absolute atomic E-state index is 0.148. The van der Waals surface area contributed by atoms with Gasteiger partial charge in [0.25, 0.3) is 0 Å². The third-order valence-electron chi connectivity index (χ3n) is 6.36. The predicted molar refractivity (Wildman–Crippen MR) is 122 cm³/mol. The van der Waals surface area contributed by atoms with E-state index in [1.54, 1.807) is 12.1 Å². The lowest BCUT2D eigenvalue weighted by molar-refractivity contribution is 0.469. The van der Waals surface area contributed by atoms with Crippen LogP contribution in [-0.2, 0) is 6.42 Å². The Labute approximate surface area is 182 Å². The van der Waals surface area contributed by atoms with E-state index >= 15 is 0 Å². The highest BCUT2D eigenvalue weighted by molar-refractivity contribution is 5.61. The first-order chi connectivity index (χ1) is 15.1. The average Bonchev–Trinajstić information content (AvgIpc) is 3.22. The van der Waals surface area contributed by atoms with Crippen molar-refractivity contribution >= 4 is 17.3 Å². The topological polar surface area (TPSA) is 48.4 Å². The van der Waals surface area contributed by atoms with Gasteiger partial charge in [0.05, 0.1) is 5.69 Å². The van der Waals surface area contributed by atoms with E-state index in [1.807, 2.05) is 55.5 Å². The summed E-state index contributed by atoms with van der Waals surface area (Å²) in [4.78, 5) is 11.1. The molecular formula is C24H27FN6. The number of piperidine rings is 1. The molecule has 1 saturated heterocycles. The molecule has 0 unspecified atom stereocenters. The van der Waals surface area contributed by atoms with Gasteiger partial charge in [-0.3, -0.25) is 0 Å². The summed E-state index contributed by atoms with van der Waals surface area (Å²) in [5, 5.41) is 8.92. The van der Waals surface area contributed by atoms with Gasteiger partial charge in [0, 0.05) is 57.2 Å². The van der Waals surface area contributed by atoms with Crippen LogP contribution < -0.4 is 14.7 Å². The summed E-state index contributed by atoms with van der Waals surface area (Å²) in [6, 6.07) is 13.7. The molecule has 1 fully saturated rings. The van der Waals surface area contributed by atoms with E-state index in [-0.39, 0.29) is 5.82 Å². The molecule has 4 heterocycles. The van der Waals surface area contributed by atoms with Gasteiger partial charge in [-0.15, -0.1) is 10.2 Å². The number of halogens is 1. The Morgan fingerprint density at radius 1 is 0.968 bits per heavy atom. The number of aromatic nitrogens is 3. The first-order valence-corrected chi connectivity index (χ1v) is 10.9. The van der Waals surface area contributed by atoms with Crippen molar-refractivity contribution in [2.75, 3.05) is 48.4 Å². The molecule has 6 nitrogen and oxygen atoms in total. The lowest BCUT2D eigenvalue weighted by Crippen LogP contribution is -2.44. The van der Waals surface area contributed by atoms with E-state index in [4.69, 9.17) is 0 Å². The second kappa shape index (κ2) is 8.13. The Morgan fingerprint density at radius 3 is 2.48 bits per heavy atom. The van der Waals surface area contributed by atoms with Gasteiger partial charge in [0.1, 0.15) is 11.6 Å². The highest BCUT2D eigenvalue weighted by Gasteiger charge is 2.30. The minimum Gasteiger partial charge on any atom is -0.368 e. The third kappa shape index (κ3) is 3.92. The van der Waals surface area contributed by atoms with Crippen LogP contribution in [0.15, 0.2) is 48.7 Å². The molecule has 0 aliphatic carbocycles. The maximum absolute atomic E-state index is 13.7. The van der Waals surface area contributed by atoms with Crippen molar-refractivity contribution in [1.82, 2.24) is 15.2 Å². The Hall–Kier alpha value is -3.22. The van der Waals surface area contributed by atoms with Crippen LogP contribution in [0.25, 0.3) is 11.3 Å². The Bertz CT molecular complexity index is 1040. The van der Waals surface area contributed by atoms with Crippen LogP contribution in [0.1, 0.15) is 18.4 Å². The summed E-state index contributed by atoms with van der Waals surface area (Å²) in [6.45, 7) is 2.84. The SMILES string of the molecule is CN(C)c1ccc(-c2ccc(N3CCC(N4CCc5ccc(F)cc54)CC3)nn2)cn1. The average molecular weight is 419 g/mol. The number of fused-ring (bicyclic) bond motifs is 1. The molecular weight excluding hydrogens is 391 g/mol. The first kappa shape index (κ1) is 19.7. The zero-order chi connectivity index (χ0) is 21.4. The maximum Gasteiger partial charge on any atom is 0.151 e. The van der Waals surface area contributed by atoms with Crippen molar-refractivity contribution in [3.8, 4) is 11.3 Å². The van der Waals surface area contributed by atoms with Crippen LogP contribution in [0.2, 0.25) is 0 Å². The van der Waals surface area contributed by atoms with Crippen LogP contribution in [0.3, 0.4) is 0 Å². The van der Waals surface area contributed by atoms with Crippen molar-refractivity contribution < 1.29 is 4.39 Å². The molecule has 0 atom stereocenters. The molecule has 1 aromatic carbocycles. The maximum atomic E-state index is 13.7. The van der Waals surface area contributed by atoms with Gasteiger partial charge >= 0.3 is 0 Å². The molecule has 0 bridgehead atoms.